The normalized spacial score (nSPS) is 20.9. The van der Waals surface area contributed by atoms with Crippen molar-refractivity contribution in [3.8, 4) is 5.75 Å². The molecule has 1 aromatic heterocycles. The molecule has 2 aliphatic rings. The Kier molecular flexibility index (Phi) is 2.61. The van der Waals surface area contributed by atoms with Gasteiger partial charge < -0.3 is 9.84 Å². The van der Waals surface area contributed by atoms with Crippen molar-refractivity contribution in [3.63, 3.8) is 0 Å². The molecule has 1 aromatic rings. The number of pyridine rings is 1. The van der Waals surface area contributed by atoms with Crippen molar-refractivity contribution in [2.75, 3.05) is 5.32 Å². The van der Waals surface area contributed by atoms with Gasteiger partial charge in [0.15, 0.2) is 0 Å². The van der Waals surface area contributed by atoms with Crippen molar-refractivity contribution in [3.05, 3.63) is 18.3 Å². The minimum absolute atomic E-state index is 0.311. The fraction of sp³-hybridized carbons (Fsp3) is 0.538. The van der Waals surface area contributed by atoms with Gasteiger partial charge in [0.2, 0.25) is 0 Å². The van der Waals surface area contributed by atoms with Gasteiger partial charge >= 0.3 is 6.09 Å². The summed E-state index contributed by atoms with van der Waals surface area (Å²) in [7, 11) is 0. The summed E-state index contributed by atoms with van der Waals surface area (Å²) in [6.07, 6.45) is 7.15. The monoisotopic (exact) mass is 248 g/mol. The van der Waals surface area contributed by atoms with Crippen LogP contribution < -0.4 is 10.1 Å². The zero-order valence-corrected chi connectivity index (χ0v) is 10.1. The third-order valence-corrected chi connectivity index (χ3v) is 4.01. The quantitative estimate of drug-likeness (QED) is 0.862. The number of nitrogens with zero attached hydrogens (tertiary/aromatic N) is 1. The topological polar surface area (TPSA) is 71.5 Å². The lowest BCUT2D eigenvalue weighted by atomic mass is 9.55. The average Bonchev–Trinajstić information content (AvgIpc) is 2.21. The Morgan fingerprint density at radius 2 is 2.22 bits per heavy atom. The summed E-state index contributed by atoms with van der Waals surface area (Å²) in [5, 5.41) is 10.7. The Bertz CT molecular complexity index is 446. The lowest BCUT2D eigenvalue weighted by Crippen LogP contribution is -2.48. The molecule has 0 unspecified atom stereocenters. The van der Waals surface area contributed by atoms with Gasteiger partial charge in [0.25, 0.3) is 0 Å². The highest BCUT2D eigenvalue weighted by molar-refractivity contribution is 5.81. The number of rotatable bonds is 3. The van der Waals surface area contributed by atoms with E-state index in [1.54, 1.807) is 18.3 Å². The van der Waals surface area contributed by atoms with E-state index in [1.165, 1.54) is 19.3 Å². The Labute approximate surface area is 105 Å². The molecule has 5 heteroatoms. The summed E-state index contributed by atoms with van der Waals surface area (Å²) in [6.45, 7) is 0. The molecule has 5 nitrogen and oxygen atoms in total. The molecule has 0 saturated heterocycles. The van der Waals surface area contributed by atoms with Gasteiger partial charge in [0, 0.05) is 0 Å². The van der Waals surface area contributed by atoms with Gasteiger partial charge in [-0.1, -0.05) is 6.42 Å². The predicted octanol–water partition coefficient (Wildman–Crippen LogP) is 2.88. The van der Waals surface area contributed by atoms with Crippen molar-refractivity contribution < 1.29 is 14.6 Å². The summed E-state index contributed by atoms with van der Waals surface area (Å²) in [4.78, 5) is 14.4. The number of hydrogen-bond acceptors (Lipinski definition) is 3. The van der Waals surface area contributed by atoms with E-state index in [1.807, 2.05) is 0 Å². The second-order valence-electron chi connectivity index (χ2n) is 5.31. The molecule has 0 aromatic carbocycles. The molecule has 2 saturated carbocycles. The Hall–Kier alpha value is -1.78. The lowest BCUT2D eigenvalue weighted by Gasteiger charge is -2.53. The summed E-state index contributed by atoms with van der Waals surface area (Å²) in [5.41, 5.74) is 0.600. The number of anilines is 1. The van der Waals surface area contributed by atoms with E-state index in [-0.39, 0.29) is 0 Å². The second-order valence-corrected chi connectivity index (χ2v) is 5.31. The van der Waals surface area contributed by atoms with Gasteiger partial charge in [-0.3, -0.25) is 5.32 Å². The molecule has 1 spiro atoms. The molecule has 18 heavy (non-hydrogen) atoms. The molecule has 0 aliphatic heterocycles. The van der Waals surface area contributed by atoms with E-state index in [0.29, 0.717) is 23.1 Å². The summed E-state index contributed by atoms with van der Waals surface area (Å²) in [6, 6.07) is 3.37. The van der Waals surface area contributed by atoms with Crippen LogP contribution in [0, 0.1) is 5.41 Å². The number of nitrogens with one attached hydrogen (secondary N) is 1. The SMILES string of the molecule is O=C(O)Nc1ccc(OC2CC3(CCC3)C2)cn1. The van der Waals surface area contributed by atoms with Crippen molar-refractivity contribution in [1.29, 1.82) is 0 Å². The number of amides is 1. The van der Waals surface area contributed by atoms with Crippen LogP contribution in [0.2, 0.25) is 0 Å². The first kappa shape index (κ1) is 11.3. The minimum atomic E-state index is -1.11. The largest absolute Gasteiger partial charge is 0.489 e. The highest BCUT2D eigenvalue weighted by Gasteiger charge is 2.49. The Morgan fingerprint density at radius 3 is 2.72 bits per heavy atom. The van der Waals surface area contributed by atoms with Crippen molar-refractivity contribution in [2.24, 2.45) is 5.41 Å². The van der Waals surface area contributed by atoms with E-state index in [9.17, 15) is 4.79 Å². The lowest BCUT2D eigenvalue weighted by molar-refractivity contribution is -0.0682. The Balaban J connectivity index is 1.52. The predicted molar refractivity (Wildman–Crippen MR) is 65.8 cm³/mol. The highest BCUT2D eigenvalue weighted by atomic mass is 16.5. The maximum absolute atomic E-state index is 10.4. The Morgan fingerprint density at radius 1 is 1.44 bits per heavy atom. The van der Waals surface area contributed by atoms with Gasteiger partial charge in [-0.25, -0.2) is 9.78 Å². The average molecular weight is 248 g/mol. The molecule has 2 N–H and O–H groups in total. The number of ether oxygens (including phenoxy) is 1. The maximum Gasteiger partial charge on any atom is 0.410 e. The molecule has 96 valence electrons. The van der Waals surface area contributed by atoms with Gasteiger partial charge in [0.05, 0.1) is 12.3 Å². The molecule has 2 aliphatic carbocycles. The van der Waals surface area contributed by atoms with Gasteiger partial charge in [-0.15, -0.1) is 0 Å². The molecular formula is C13H16N2O3. The zero-order valence-electron chi connectivity index (χ0n) is 10.1. The molecule has 0 atom stereocenters. The van der Waals surface area contributed by atoms with Crippen LogP contribution in [-0.2, 0) is 0 Å². The molecular weight excluding hydrogens is 232 g/mol. The molecule has 2 fully saturated rings. The second kappa shape index (κ2) is 4.15. The van der Waals surface area contributed by atoms with Crippen LogP contribution in [0.5, 0.6) is 5.75 Å². The number of hydrogen-bond donors (Lipinski definition) is 2. The first-order valence-electron chi connectivity index (χ1n) is 6.28. The molecule has 0 radical (unpaired) electrons. The third kappa shape index (κ3) is 2.12. The summed E-state index contributed by atoms with van der Waals surface area (Å²) >= 11 is 0. The van der Waals surface area contributed by atoms with Crippen LogP contribution in [0.25, 0.3) is 0 Å². The van der Waals surface area contributed by atoms with Crippen molar-refractivity contribution in [2.45, 2.75) is 38.2 Å². The van der Waals surface area contributed by atoms with E-state index < -0.39 is 6.09 Å². The first-order chi connectivity index (χ1) is 8.65. The van der Waals surface area contributed by atoms with E-state index in [2.05, 4.69) is 10.3 Å². The van der Waals surface area contributed by atoms with Crippen LogP contribution in [0.15, 0.2) is 18.3 Å². The summed E-state index contributed by atoms with van der Waals surface area (Å²) < 4.78 is 5.80. The van der Waals surface area contributed by atoms with Gasteiger partial charge in [-0.2, -0.15) is 0 Å². The minimum Gasteiger partial charge on any atom is -0.489 e. The standard InChI is InChI=1S/C13H16N2O3/c16-12(17)15-11-3-2-9(8-14-11)18-10-6-13(7-10)4-1-5-13/h2-3,8,10H,1,4-7H2,(H,14,15)(H,16,17). The maximum atomic E-state index is 10.4. The van der Waals surface area contributed by atoms with Crippen LogP contribution in [-0.4, -0.2) is 22.3 Å². The van der Waals surface area contributed by atoms with Crippen molar-refractivity contribution in [1.82, 2.24) is 4.98 Å². The van der Waals surface area contributed by atoms with Gasteiger partial charge in [-0.05, 0) is 43.2 Å². The van der Waals surface area contributed by atoms with Crippen LogP contribution in [0.4, 0.5) is 10.6 Å². The fourth-order valence-corrected chi connectivity index (χ4v) is 2.90. The molecule has 1 heterocycles. The molecule has 3 rings (SSSR count). The van der Waals surface area contributed by atoms with E-state index in [0.717, 1.165) is 12.8 Å². The molecule has 1 amide bonds. The van der Waals surface area contributed by atoms with Crippen LogP contribution in [0.1, 0.15) is 32.1 Å². The van der Waals surface area contributed by atoms with E-state index >= 15 is 0 Å². The fourth-order valence-electron chi connectivity index (χ4n) is 2.90. The van der Waals surface area contributed by atoms with Crippen LogP contribution >= 0.6 is 0 Å². The third-order valence-electron chi connectivity index (χ3n) is 4.01. The van der Waals surface area contributed by atoms with Gasteiger partial charge in [0.1, 0.15) is 11.6 Å². The highest BCUT2D eigenvalue weighted by Crippen LogP contribution is 2.56. The molecule has 0 bridgehead atoms. The number of aromatic nitrogens is 1. The number of carbonyl (C=O) groups is 1. The van der Waals surface area contributed by atoms with Crippen LogP contribution in [0.3, 0.4) is 0 Å². The van der Waals surface area contributed by atoms with Crippen molar-refractivity contribution >= 4 is 11.9 Å². The zero-order chi connectivity index (χ0) is 12.6. The smallest absolute Gasteiger partial charge is 0.410 e. The van der Waals surface area contributed by atoms with E-state index in [4.69, 9.17) is 9.84 Å². The summed E-state index contributed by atoms with van der Waals surface area (Å²) in [5.74, 6) is 1.03. The first-order valence-corrected chi connectivity index (χ1v) is 6.28. The number of carboxylic acid groups (broad SMARTS) is 1.